The van der Waals surface area contributed by atoms with E-state index in [1.54, 1.807) is 24.7 Å². The van der Waals surface area contributed by atoms with Gasteiger partial charge in [0.15, 0.2) is 11.0 Å². The SMILES string of the molecule is CCOC(=O)CSc1nnc(CNC(=O)c2cccc(C)c2)n1-c1ccc(OC)cc1. The molecular formula is C22H24N4O4S. The van der Waals surface area contributed by atoms with Gasteiger partial charge >= 0.3 is 5.97 Å². The number of benzene rings is 2. The Morgan fingerprint density at radius 3 is 2.58 bits per heavy atom. The van der Waals surface area contributed by atoms with Crippen LogP contribution in [0.25, 0.3) is 5.69 Å². The van der Waals surface area contributed by atoms with E-state index in [0.717, 1.165) is 11.3 Å². The highest BCUT2D eigenvalue weighted by atomic mass is 32.2. The number of methoxy groups -OCH3 is 1. The molecule has 0 saturated carbocycles. The molecule has 0 atom stereocenters. The summed E-state index contributed by atoms with van der Waals surface area (Å²) in [7, 11) is 1.60. The molecule has 3 aromatic rings. The third kappa shape index (κ3) is 5.85. The first-order chi connectivity index (χ1) is 15.0. The van der Waals surface area contributed by atoms with Gasteiger partial charge in [-0.3, -0.25) is 14.2 Å². The maximum atomic E-state index is 12.5. The Balaban J connectivity index is 1.82. The Bertz CT molecular complexity index is 1050. The molecule has 0 aliphatic heterocycles. The summed E-state index contributed by atoms with van der Waals surface area (Å²) in [6.45, 7) is 4.19. The van der Waals surface area contributed by atoms with E-state index in [1.165, 1.54) is 11.8 Å². The van der Waals surface area contributed by atoms with E-state index >= 15 is 0 Å². The molecule has 1 aromatic heterocycles. The molecule has 0 spiro atoms. The summed E-state index contributed by atoms with van der Waals surface area (Å²) in [5, 5.41) is 11.9. The minimum absolute atomic E-state index is 0.109. The molecule has 31 heavy (non-hydrogen) atoms. The van der Waals surface area contributed by atoms with Crippen LogP contribution in [0.3, 0.4) is 0 Å². The number of rotatable bonds is 9. The van der Waals surface area contributed by atoms with E-state index in [9.17, 15) is 9.59 Å². The number of carbonyl (C=O) groups is 2. The van der Waals surface area contributed by atoms with Crippen molar-refractivity contribution in [1.29, 1.82) is 0 Å². The van der Waals surface area contributed by atoms with Gasteiger partial charge in [-0.1, -0.05) is 29.5 Å². The first kappa shape index (κ1) is 22.4. The fourth-order valence-corrected chi connectivity index (χ4v) is 3.64. The molecule has 2 aromatic carbocycles. The minimum atomic E-state index is -0.328. The number of amides is 1. The Morgan fingerprint density at radius 1 is 1.13 bits per heavy atom. The average Bonchev–Trinajstić information content (AvgIpc) is 3.19. The summed E-state index contributed by atoms with van der Waals surface area (Å²) in [5.74, 6) is 0.835. The normalized spacial score (nSPS) is 10.5. The van der Waals surface area contributed by atoms with E-state index in [1.807, 2.05) is 49.4 Å². The maximum Gasteiger partial charge on any atom is 0.316 e. The van der Waals surface area contributed by atoms with Gasteiger partial charge in [-0.05, 0) is 50.2 Å². The molecule has 8 nitrogen and oxygen atoms in total. The highest BCUT2D eigenvalue weighted by molar-refractivity contribution is 7.99. The van der Waals surface area contributed by atoms with Crippen LogP contribution in [0.4, 0.5) is 0 Å². The summed E-state index contributed by atoms with van der Waals surface area (Å²) in [6.07, 6.45) is 0. The lowest BCUT2D eigenvalue weighted by Crippen LogP contribution is -2.24. The predicted molar refractivity (Wildman–Crippen MR) is 118 cm³/mol. The quantitative estimate of drug-likeness (QED) is 0.403. The zero-order chi connectivity index (χ0) is 22.2. The van der Waals surface area contributed by atoms with Crippen molar-refractivity contribution < 1.29 is 19.1 Å². The number of nitrogens with one attached hydrogen (secondary N) is 1. The van der Waals surface area contributed by atoms with Gasteiger partial charge in [0.05, 0.1) is 26.0 Å². The van der Waals surface area contributed by atoms with Crippen LogP contribution in [-0.2, 0) is 16.1 Å². The molecule has 0 fully saturated rings. The second kappa shape index (κ2) is 10.6. The lowest BCUT2D eigenvalue weighted by molar-refractivity contribution is -0.139. The van der Waals surface area contributed by atoms with Gasteiger partial charge in [0, 0.05) is 11.3 Å². The van der Waals surface area contributed by atoms with E-state index < -0.39 is 0 Å². The van der Waals surface area contributed by atoms with Crippen molar-refractivity contribution in [1.82, 2.24) is 20.1 Å². The summed E-state index contributed by atoms with van der Waals surface area (Å²) in [6, 6.07) is 14.7. The van der Waals surface area contributed by atoms with Crippen LogP contribution in [0, 0.1) is 6.92 Å². The molecule has 3 rings (SSSR count). The molecule has 0 radical (unpaired) electrons. The van der Waals surface area contributed by atoms with Crippen molar-refractivity contribution in [2.75, 3.05) is 19.5 Å². The molecule has 0 unspecified atom stereocenters. The van der Waals surface area contributed by atoms with Gasteiger partial charge in [0.2, 0.25) is 0 Å². The molecule has 1 heterocycles. The van der Waals surface area contributed by atoms with E-state index in [4.69, 9.17) is 9.47 Å². The summed E-state index contributed by atoms with van der Waals surface area (Å²) in [5.41, 5.74) is 2.37. The first-order valence-corrected chi connectivity index (χ1v) is 10.7. The van der Waals surface area contributed by atoms with Gasteiger partial charge < -0.3 is 14.8 Å². The number of aromatic nitrogens is 3. The monoisotopic (exact) mass is 440 g/mol. The third-order valence-corrected chi connectivity index (χ3v) is 5.25. The van der Waals surface area contributed by atoms with Crippen LogP contribution in [0.2, 0.25) is 0 Å². The molecule has 1 amide bonds. The van der Waals surface area contributed by atoms with Gasteiger partial charge in [0.25, 0.3) is 5.91 Å². The van der Waals surface area contributed by atoms with Crippen molar-refractivity contribution in [3.05, 3.63) is 65.5 Å². The molecule has 0 bridgehead atoms. The fraction of sp³-hybridized carbons (Fsp3) is 0.273. The van der Waals surface area contributed by atoms with Crippen LogP contribution in [0.1, 0.15) is 28.7 Å². The van der Waals surface area contributed by atoms with Crippen molar-refractivity contribution in [2.24, 2.45) is 0 Å². The van der Waals surface area contributed by atoms with Crippen molar-refractivity contribution in [3.8, 4) is 11.4 Å². The van der Waals surface area contributed by atoms with Crippen molar-refractivity contribution >= 4 is 23.6 Å². The molecule has 162 valence electrons. The number of hydrogen-bond acceptors (Lipinski definition) is 7. The van der Waals surface area contributed by atoms with Crippen molar-refractivity contribution in [3.63, 3.8) is 0 Å². The van der Waals surface area contributed by atoms with Gasteiger partial charge in [-0.15, -0.1) is 10.2 Å². The second-order valence-electron chi connectivity index (χ2n) is 6.58. The zero-order valence-electron chi connectivity index (χ0n) is 17.6. The lowest BCUT2D eigenvalue weighted by atomic mass is 10.1. The van der Waals surface area contributed by atoms with Gasteiger partial charge in [0.1, 0.15) is 5.75 Å². The number of hydrogen-bond donors (Lipinski definition) is 1. The summed E-state index contributed by atoms with van der Waals surface area (Å²) < 4.78 is 12.0. The van der Waals surface area contributed by atoms with Crippen LogP contribution >= 0.6 is 11.8 Å². The molecule has 1 N–H and O–H groups in total. The summed E-state index contributed by atoms with van der Waals surface area (Å²) in [4.78, 5) is 24.3. The number of thioether (sulfide) groups is 1. The third-order valence-electron chi connectivity index (χ3n) is 4.34. The van der Waals surface area contributed by atoms with E-state index in [-0.39, 0.29) is 24.2 Å². The smallest absolute Gasteiger partial charge is 0.316 e. The molecule has 0 aliphatic carbocycles. The van der Waals surface area contributed by atoms with Gasteiger partial charge in [-0.2, -0.15) is 0 Å². The Morgan fingerprint density at radius 2 is 1.90 bits per heavy atom. The largest absolute Gasteiger partial charge is 0.497 e. The Labute approximate surface area is 185 Å². The van der Waals surface area contributed by atoms with Crippen LogP contribution in [0.15, 0.2) is 53.7 Å². The molecule has 0 aliphatic rings. The van der Waals surface area contributed by atoms with Crippen LogP contribution < -0.4 is 10.1 Å². The van der Waals surface area contributed by atoms with Crippen LogP contribution in [0.5, 0.6) is 5.75 Å². The van der Waals surface area contributed by atoms with E-state index in [0.29, 0.717) is 28.9 Å². The highest BCUT2D eigenvalue weighted by Crippen LogP contribution is 2.24. The second-order valence-corrected chi connectivity index (χ2v) is 7.52. The predicted octanol–water partition coefficient (Wildman–Crippen LogP) is 3.17. The topological polar surface area (TPSA) is 95.3 Å². The van der Waals surface area contributed by atoms with Crippen molar-refractivity contribution in [2.45, 2.75) is 25.5 Å². The van der Waals surface area contributed by atoms with Gasteiger partial charge in [-0.25, -0.2) is 0 Å². The Hall–Kier alpha value is -3.33. The number of ether oxygens (including phenoxy) is 2. The molecule has 9 heteroatoms. The first-order valence-electron chi connectivity index (χ1n) is 9.73. The number of esters is 1. The maximum absolute atomic E-state index is 12.5. The lowest BCUT2D eigenvalue weighted by Gasteiger charge is -2.12. The zero-order valence-corrected chi connectivity index (χ0v) is 18.4. The number of nitrogens with zero attached hydrogens (tertiary/aromatic N) is 3. The molecule has 0 saturated heterocycles. The molecular weight excluding hydrogens is 416 g/mol. The van der Waals surface area contributed by atoms with Crippen LogP contribution in [-0.4, -0.2) is 46.1 Å². The van der Waals surface area contributed by atoms with E-state index in [2.05, 4.69) is 15.5 Å². The fourth-order valence-electron chi connectivity index (χ4n) is 2.87. The standard InChI is InChI=1S/C22H24N4O4S/c1-4-30-20(27)14-31-22-25-24-19(26(22)17-8-10-18(29-3)11-9-17)13-23-21(28)16-7-5-6-15(2)12-16/h5-12H,4,13-14H2,1-3H3,(H,23,28). The highest BCUT2D eigenvalue weighted by Gasteiger charge is 2.17. The number of aryl methyl sites for hydroxylation is 1. The average molecular weight is 441 g/mol. The minimum Gasteiger partial charge on any atom is -0.497 e. The Kier molecular flexibility index (Phi) is 7.66. The summed E-state index contributed by atoms with van der Waals surface area (Å²) >= 11 is 1.22. The number of carbonyl (C=O) groups excluding carboxylic acids is 2.